The summed E-state index contributed by atoms with van der Waals surface area (Å²) in [4.78, 5) is 14.4. The minimum absolute atomic E-state index is 0.00627. The lowest BCUT2D eigenvalue weighted by molar-refractivity contribution is -0.305. The summed E-state index contributed by atoms with van der Waals surface area (Å²) in [6.07, 6.45) is 1.46. The van der Waals surface area contributed by atoms with Gasteiger partial charge in [-0.3, -0.25) is 0 Å². The Labute approximate surface area is 102 Å². The summed E-state index contributed by atoms with van der Waals surface area (Å²) in [7, 11) is 0. The average Bonchev–Trinajstić information content (AvgIpc) is 2.78. The summed E-state index contributed by atoms with van der Waals surface area (Å²) in [5, 5.41) is 15.1. The Balaban J connectivity index is 2.10. The van der Waals surface area contributed by atoms with Crippen LogP contribution in [0, 0.1) is 0 Å². The number of hydrogen-bond donors (Lipinski definition) is 0. The van der Waals surface area contributed by atoms with E-state index in [9.17, 15) is 9.90 Å². The van der Waals surface area contributed by atoms with Crippen molar-refractivity contribution >= 4 is 17.7 Å². The monoisotopic (exact) mass is 248 g/mol. The predicted molar refractivity (Wildman–Crippen MR) is 61.7 cm³/mol. The second-order valence-corrected chi connectivity index (χ2v) is 4.32. The molecule has 0 bridgehead atoms. The lowest BCUT2D eigenvalue weighted by Crippen LogP contribution is -2.22. The smallest absolute Gasteiger partial charge is 0.190 e. The van der Waals surface area contributed by atoms with Crippen molar-refractivity contribution in [1.82, 2.24) is 14.8 Å². The molecular weight excluding hydrogens is 238 g/mol. The number of carbonyl (C=O) groups is 1. The number of thioether (sulfide) groups is 1. The van der Waals surface area contributed by atoms with Crippen molar-refractivity contribution in [3.05, 3.63) is 36.7 Å². The maximum absolute atomic E-state index is 10.3. The van der Waals surface area contributed by atoms with Crippen LogP contribution in [0.2, 0.25) is 0 Å². The predicted octanol–water partition coefficient (Wildman–Crippen LogP) is 0.499. The number of para-hydroxylation sites is 1. The van der Waals surface area contributed by atoms with Crippen LogP contribution in [0.4, 0.5) is 0 Å². The number of aromatic nitrogens is 3. The molecule has 5 nitrogen and oxygen atoms in total. The molecule has 1 aromatic carbocycles. The van der Waals surface area contributed by atoms with Crippen LogP contribution < -0.4 is 5.11 Å². The van der Waals surface area contributed by atoms with Gasteiger partial charge in [-0.25, -0.2) is 9.67 Å². The Morgan fingerprint density at radius 3 is 2.82 bits per heavy atom. The molecule has 17 heavy (non-hydrogen) atoms. The minimum Gasteiger partial charge on any atom is -0.550 e. The molecule has 0 aliphatic rings. The lowest BCUT2D eigenvalue weighted by Gasteiger charge is -2.05. The first kappa shape index (κ1) is 11.7. The van der Waals surface area contributed by atoms with Crippen LogP contribution in [0.3, 0.4) is 0 Å². The summed E-state index contributed by atoms with van der Waals surface area (Å²) >= 11 is 1.35. The molecule has 0 spiro atoms. The molecule has 0 fully saturated rings. The molecule has 0 radical (unpaired) electrons. The molecule has 0 atom stereocenters. The van der Waals surface area contributed by atoms with E-state index < -0.39 is 5.97 Å². The van der Waals surface area contributed by atoms with Crippen LogP contribution in [-0.4, -0.2) is 26.5 Å². The molecule has 2 aromatic rings. The van der Waals surface area contributed by atoms with Crippen molar-refractivity contribution < 1.29 is 9.90 Å². The van der Waals surface area contributed by atoms with Gasteiger partial charge in [0.15, 0.2) is 5.16 Å². The zero-order chi connectivity index (χ0) is 12.1. The van der Waals surface area contributed by atoms with Gasteiger partial charge in [-0.2, -0.15) is 5.10 Å². The van der Waals surface area contributed by atoms with E-state index in [1.807, 2.05) is 30.3 Å². The van der Waals surface area contributed by atoms with E-state index in [4.69, 9.17) is 0 Å². The number of benzene rings is 1. The molecule has 0 saturated heterocycles. The van der Waals surface area contributed by atoms with Crippen molar-refractivity contribution in [3.63, 3.8) is 0 Å². The Hall–Kier alpha value is -1.82. The van der Waals surface area contributed by atoms with E-state index in [-0.39, 0.29) is 6.42 Å². The lowest BCUT2D eigenvalue weighted by atomic mass is 10.3. The maximum Gasteiger partial charge on any atom is 0.190 e. The highest BCUT2D eigenvalue weighted by Crippen LogP contribution is 2.18. The zero-order valence-corrected chi connectivity index (χ0v) is 9.76. The van der Waals surface area contributed by atoms with Crippen LogP contribution in [-0.2, 0) is 4.79 Å². The molecule has 0 aliphatic heterocycles. The fraction of sp³-hybridized carbons (Fsp3) is 0.182. The quantitative estimate of drug-likeness (QED) is 0.720. The third kappa shape index (κ3) is 3.07. The molecule has 1 heterocycles. The highest BCUT2D eigenvalue weighted by atomic mass is 32.2. The normalized spacial score (nSPS) is 10.4. The van der Waals surface area contributed by atoms with E-state index in [0.29, 0.717) is 10.9 Å². The molecule has 6 heteroatoms. The fourth-order valence-corrected chi connectivity index (χ4v) is 2.15. The van der Waals surface area contributed by atoms with Crippen molar-refractivity contribution in [2.45, 2.75) is 11.6 Å². The standard InChI is InChI=1S/C11H11N3O2S/c15-10(16)6-7-17-11-12-8-13-14(11)9-4-2-1-3-5-9/h1-5,8H,6-7H2,(H,15,16)/p-1. The van der Waals surface area contributed by atoms with Crippen LogP contribution in [0.5, 0.6) is 0 Å². The van der Waals surface area contributed by atoms with E-state index in [0.717, 1.165) is 5.69 Å². The molecule has 0 aliphatic carbocycles. The van der Waals surface area contributed by atoms with Gasteiger partial charge in [0.25, 0.3) is 0 Å². The van der Waals surface area contributed by atoms with Gasteiger partial charge in [0.1, 0.15) is 6.33 Å². The minimum atomic E-state index is -1.05. The molecule has 1 aromatic heterocycles. The first-order chi connectivity index (χ1) is 8.27. The summed E-state index contributed by atoms with van der Waals surface area (Å²) in [6.45, 7) is 0. The van der Waals surface area contributed by atoms with Crippen LogP contribution in [0.25, 0.3) is 5.69 Å². The van der Waals surface area contributed by atoms with Crippen molar-refractivity contribution in [2.75, 3.05) is 5.75 Å². The van der Waals surface area contributed by atoms with Crippen molar-refractivity contribution in [2.24, 2.45) is 0 Å². The summed E-state index contributed by atoms with van der Waals surface area (Å²) in [5.74, 6) is -0.628. The second kappa shape index (κ2) is 5.49. The van der Waals surface area contributed by atoms with Gasteiger partial charge in [-0.1, -0.05) is 30.0 Å². The summed E-state index contributed by atoms with van der Waals surface area (Å²) in [6, 6.07) is 9.57. The molecule has 0 saturated carbocycles. The zero-order valence-electron chi connectivity index (χ0n) is 8.94. The van der Waals surface area contributed by atoms with Crippen LogP contribution >= 0.6 is 11.8 Å². The van der Waals surface area contributed by atoms with E-state index in [1.54, 1.807) is 4.68 Å². The van der Waals surface area contributed by atoms with Gasteiger partial charge < -0.3 is 9.90 Å². The number of carboxylic acid groups (broad SMARTS) is 1. The SMILES string of the molecule is O=C([O-])CCSc1ncnn1-c1ccccc1. The van der Waals surface area contributed by atoms with Gasteiger partial charge in [-0.05, 0) is 18.6 Å². The third-order valence-corrected chi connectivity index (χ3v) is 3.00. The maximum atomic E-state index is 10.3. The number of nitrogens with zero attached hydrogens (tertiary/aromatic N) is 3. The number of hydrogen-bond acceptors (Lipinski definition) is 5. The number of carboxylic acids is 1. The second-order valence-electron chi connectivity index (χ2n) is 3.26. The first-order valence-electron chi connectivity index (χ1n) is 5.05. The van der Waals surface area contributed by atoms with Gasteiger partial charge in [0.2, 0.25) is 0 Å². The molecule has 2 rings (SSSR count). The van der Waals surface area contributed by atoms with Crippen LogP contribution in [0.1, 0.15) is 6.42 Å². The topological polar surface area (TPSA) is 70.8 Å². The molecule has 88 valence electrons. The van der Waals surface area contributed by atoms with Gasteiger partial charge in [-0.15, -0.1) is 0 Å². The third-order valence-electron chi connectivity index (χ3n) is 2.05. The first-order valence-corrected chi connectivity index (χ1v) is 6.04. The van der Waals surface area contributed by atoms with Crippen molar-refractivity contribution in [3.8, 4) is 5.69 Å². The Bertz CT molecular complexity index is 498. The number of rotatable bonds is 5. The summed E-state index contributed by atoms with van der Waals surface area (Å²) in [5.41, 5.74) is 0.904. The fourth-order valence-electron chi connectivity index (χ4n) is 1.30. The van der Waals surface area contributed by atoms with Crippen LogP contribution in [0.15, 0.2) is 41.8 Å². The Morgan fingerprint density at radius 2 is 2.12 bits per heavy atom. The molecule has 0 N–H and O–H groups in total. The van der Waals surface area contributed by atoms with Crippen molar-refractivity contribution in [1.29, 1.82) is 0 Å². The number of aliphatic carboxylic acids is 1. The van der Waals surface area contributed by atoms with E-state index in [1.165, 1.54) is 18.1 Å². The molecule has 0 unspecified atom stereocenters. The highest BCUT2D eigenvalue weighted by Gasteiger charge is 2.06. The van der Waals surface area contributed by atoms with E-state index >= 15 is 0 Å². The Morgan fingerprint density at radius 1 is 1.35 bits per heavy atom. The molecule has 0 amide bonds. The van der Waals surface area contributed by atoms with Gasteiger partial charge in [0.05, 0.1) is 5.69 Å². The molecular formula is C11H10N3O2S-. The van der Waals surface area contributed by atoms with Gasteiger partial charge in [0, 0.05) is 11.7 Å². The van der Waals surface area contributed by atoms with Gasteiger partial charge >= 0.3 is 0 Å². The van der Waals surface area contributed by atoms with E-state index in [2.05, 4.69) is 10.1 Å². The summed E-state index contributed by atoms with van der Waals surface area (Å²) < 4.78 is 1.68. The average molecular weight is 248 g/mol. The largest absolute Gasteiger partial charge is 0.550 e. The highest BCUT2D eigenvalue weighted by molar-refractivity contribution is 7.99. The Kier molecular flexibility index (Phi) is 3.77. The number of carbonyl (C=O) groups excluding carboxylic acids is 1.